The first kappa shape index (κ1) is 26.2. The number of hydrogen-bond donors (Lipinski definition) is 0. The fourth-order valence-electron chi connectivity index (χ4n) is 1.75. The molecule has 0 aliphatic heterocycles. The van der Waals surface area contributed by atoms with Gasteiger partial charge in [-0.3, -0.25) is 0 Å². The summed E-state index contributed by atoms with van der Waals surface area (Å²) in [5, 5.41) is 0. The summed E-state index contributed by atoms with van der Waals surface area (Å²) in [6.45, 7) is 14.4. The lowest BCUT2D eigenvalue weighted by Gasteiger charge is -2.19. The predicted octanol–water partition coefficient (Wildman–Crippen LogP) is 1.84. The quantitative estimate of drug-likeness (QED) is 0.257. The highest BCUT2D eigenvalue weighted by Crippen LogP contribution is 2.06. The van der Waals surface area contributed by atoms with E-state index in [2.05, 4.69) is 0 Å². The summed E-state index contributed by atoms with van der Waals surface area (Å²) in [5.41, 5.74) is -0.493. The molecule has 0 aromatic rings. The van der Waals surface area contributed by atoms with Gasteiger partial charge in [0.05, 0.1) is 72.2 Å². The third kappa shape index (κ3) is 23.2. The van der Waals surface area contributed by atoms with Crippen molar-refractivity contribution in [3.8, 4) is 0 Å². The number of esters is 1. The van der Waals surface area contributed by atoms with Crippen LogP contribution in [0.3, 0.4) is 0 Å². The minimum absolute atomic E-state index is 0.0665. The van der Waals surface area contributed by atoms with Crippen LogP contribution in [0.2, 0.25) is 0 Å². The Bertz CT molecular complexity index is 341. The lowest BCUT2D eigenvalue weighted by Crippen LogP contribution is -2.27. The van der Waals surface area contributed by atoms with Crippen molar-refractivity contribution in [1.29, 1.82) is 0 Å². The molecule has 0 aliphatic rings. The highest BCUT2D eigenvalue weighted by atomic mass is 16.6. The van der Waals surface area contributed by atoms with Crippen LogP contribution in [0.5, 0.6) is 0 Å². The molecule has 0 saturated heterocycles. The molecular weight excluding hydrogens is 356 g/mol. The Labute approximate surface area is 163 Å². The molecule has 0 atom stereocenters. The Morgan fingerprint density at radius 1 is 0.667 bits per heavy atom. The van der Waals surface area contributed by atoms with Crippen LogP contribution in [0.1, 0.15) is 34.6 Å². The molecule has 8 heteroatoms. The first-order chi connectivity index (χ1) is 12.8. The van der Waals surface area contributed by atoms with Gasteiger partial charge in [-0.15, -0.1) is 0 Å². The van der Waals surface area contributed by atoms with E-state index in [-0.39, 0.29) is 18.7 Å². The Kier molecular flexibility index (Phi) is 16.8. The van der Waals surface area contributed by atoms with E-state index in [1.165, 1.54) is 0 Å². The van der Waals surface area contributed by atoms with Crippen LogP contribution in [-0.4, -0.2) is 90.4 Å². The highest BCUT2D eigenvalue weighted by molar-refractivity contribution is 5.71. The molecule has 0 saturated carbocycles. The first-order valence-corrected chi connectivity index (χ1v) is 9.53. The minimum Gasteiger partial charge on any atom is -0.458 e. The van der Waals surface area contributed by atoms with Crippen LogP contribution in [0.15, 0.2) is 0 Å². The van der Waals surface area contributed by atoms with Gasteiger partial charge in [-0.05, 0) is 34.6 Å². The largest absolute Gasteiger partial charge is 0.458 e. The summed E-state index contributed by atoms with van der Waals surface area (Å²) < 4.78 is 37.1. The molecule has 162 valence electrons. The number of ether oxygens (including phenoxy) is 7. The summed E-state index contributed by atoms with van der Waals surface area (Å²) in [6.07, 6.45) is 0.232. The average Bonchev–Trinajstić information content (AvgIpc) is 2.55. The maximum atomic E-state index is 11.4. The van der Waals surface area contributed by atoms with Gasteiger partial charge in [-0.2, -0.15) is 0 Å². The topological polar surface area (TPSA) is 81.7 Å². The molecule has 0 rings (SSSR count). The van der Waals surface area contributed by atoms with E-state index in [0.29, 0.717) is 66.1 Å². The molecule has 8 nitrogen and oxygen atoms in total. The molecule has 0 aromatic heterocycles. The number of carbonyl (C=O) groups is 1. The number of rotatable bonds is 18. The Morgan fingerprint density at radius 2 is 1.04 bits per heavy atom. The summed E-state index contributed by atoms with van der Waals surface area (Å²) in [4.78, 5) is 11.4. The number of carbonyl (C=O) groups excluding carboxylic acids is 1. The maximum absolute atomic E-state index is 11.4. The van der Waals surface area contributed by atoms with Crippen molar-refractivity contribution >= 4 is 5.97 Å². The summed E-state index contributed by atoms with van der Waals surface area (Å²) in [7, 11) is 0. The lowest BCUT2D eigenvalue weighted by molar-refractivity contribution is -0.160. The third-order valence-electron chi connectivity index (χ3n) is 2.81. The Balaban J connectivity index is 3.14. The van der Waals surface area contributed by atoms with Crippen LogP contribution in [0.25, 0.3) is 0 Å². The number of hydrogen-bond acceptors (Lipinski definition) is 8. The van der Waals surface area contributed by atoms with Gasteiger partial charge in [0.1, 0.15) is 12.2 Å². The molecule has 0 heterocycles. The van der Waals surface area contributed by atoms with E-state index in [9.17, 15) is 4.79 Å². The smallest absolute Gasteiger partial charge is 0.332 e. The van der Waals surface area contributed by atoms with E-state index in [0.717, 1.165) is 0 Å². The fourth-order valence-corrected chi connectivity index (χ4v) is 1.75. The normalized spacial score (nSPS) is 11.9. The zero-order valence-electron chi connectivity index (χ0n) is 17.6. The van der Waals surface area contributed by atoms with Gasteiger partial charge in [0.25, 0.3) is 0 Å². The monoisotopic (exact) mass is 394 g/mol. The molecule has 0 bridgehead atoms. The molecular formula is C19H38O8. The molecule has 0 radical (unpaired) electrons. The van der Waals surface area contributed by atoms with Gasteiger partial charge in [-0.1, -0.05) is 0 Å². The van der Waals surface area contributed by atoms with Crippen molar-refractivity contribution in [3.63, 3.8) is 0 Å². The zero-order valence-corrected chi connectivity index (χ0v) is 17.6. The molecule has 27 heavy (non-hydrogen) atoms. The molecule has 0 aliphatic carbocycles. The van der Waals surface area contributed by atoms with E-state index in [1.807, 2.05) is 34.6 Å². The average molecular weight is 395 g/mol. The molecule has 0 spiro atoms. The van der Waals surface area contributed by atoms with Crippen LogP contribution in [0, 0.1) is 0 Å². The van der Waals surface area contributed by atoms with Gasteiger partial charge in [-0.25, -0.2) is 4.79 Å². The van der Waals surface area contributed by atoms with E-state index in [1.54, 1.807) is 0 Å². The van der Waals surface area contributed by atoms with Crippen LogP contribution in [-0.2, 0) is 38.0 Å². The van der Waals surface area contributed by atoms with Crippen molar-refractivity contribution in [2.75, 3.05) is 72.7 Å². The van der Waals surface area contributed by atoms with Crippen molar-refractivity contribution in [2.45, 2.75) is 46.3 Å². The lowest BCUT2D eigenvalue weighted by atomic mass is 10.2. The maximum Gasteiger partial charge on any atom is 0.332 e. The van der Waals surface area contributed by atoms with E-state index < -0.39 is 5.60 Å². The van der Waals surface area contributed by atoms with Gasteiger partial charge in [0.2, 0.25) is 0 Å². The van der Waals surface area contributed by atoms with E-state index in [4.69, 9.17) is 33.2 Å². The fraction of sp³-hybridized carbons (Fsp3) is 0.947. The second-order valence-electron chi connectivity index (χ2n) is 7.01. The summed E-state index contributed by atoms with van der Waals surface area (Å²) >= 11 is 0. The predicted molar refractivity (Wildman–Crippen MR) is 101 cm³/mol. The molecule has 0 aromatic carbocycles. The van der Waals surface area contributed by atoms with Gasteiger partial charge in [0, 0.05) is 0 Å². The summed E-state index contributed by atoms with van der Waals surface area (Å²) in [6, 6.07) is 0. The van der Waals surface area contributed by atoms with Gasteiger partial charge < -0.3 is 33.2 Å². The SMILES string of the molecule is CC(C)OCCOCCOCCOCCOCCOCC(=O)OC(C)(C)C. The van der Waals surface area contributed by atoms with Gasteiger partial charge >= 0.3 is 5.97 Å². The molecule has 0 N–H and O–H groups in total. The van der Waals surface area contributed by atoms with Crippen LogP contribution in [0.4, 0.5) is 0 Å². The standard InChI is InChI=1S/C19H38O8/c1-17(2)26-15-14-24-11-10-22-7-6-21-8-9-23-12-13-25-16-18(20)27-19(3,4)5/h17H,6-16H2,1-5H3. The molecule has 0 fully saturated rings. The van der Waals surface area contributed by atoms with Crippen LogP contribution >= 0.6 is 0 Å². The zero-order chi connectivity index (χ0) is 20.4. The first-order valence-electron chi connectivity index (χ1n) is 9.53. The molecule has 0 amide bonds. The second kappa shape index (κ2) is 17.3. The molecule has 0 unspecified atom stereocenters. The van der Waals surface area contributed by atoms with E-state index >= 15 is 0 Å². The van der Waals surface area contributed by atoms with Crippen molar-refractivity contribution < 1.29 is 38.0 Å². The van der Waals surface area contributed by atoms with Crippen molar-refractivity contribution in [1.82, 2.24) is 0 Å². The Hall–Kier alpha value is -0.770. The second-order valence-corrected chi connectivity index (χ2v) is 7.01. The van der Waals surface area contributed by atoms with Crippen LogP contribution < -0.4 is 0 Å². The Morgan fingerprint density at radius 3 is 1.41 bits per heavy atom. The van der Waals surface area contributed by atoms with Crippen molar-refractivity contribution in [3.05, 3.63) is 0 Å². The summed E-state index contributed by atoms with van der Waals surface area (Å²) in [5.74, 6) is -0.375. The minimum atomic E-state index is -0.493. The highest BCUT2D eigenvalue weighted by Gasteiger charge is 2.15. The van der Waals surface area contributed by atoms with Crippen molar-refractivity contribution in [2.24, 2.45) is 0 Å². The third-order valence-corrected chi connectivity index (χ3v) is 2.81. The van der Waals surface area contributed by atoms with Gasteiger partial charge in [0.15, 0.2) is 0 Å².